The standard InChI is InChI=1S/C22H28N2O3S/c1-16-8-10-20(11-9-16)23(4)28(26,27)21-7-5-6-19(13-21)22(25)24-14-17(2)12-18(3)15-24/h5-11,13,17-18H,12,14-15H2,1-4H3. The predicted octanol–water partition coefficient (Wildman–Crippen LogP) is 3.94. The van der Waals surface area contributed by atoms with Crippen LogP contribution in [0.25, 0.3) is 0 Å². The van der Waals surface area contributed by atoms with Gasteiger partial charge in [-0.25, -0.2) is 8.42 Å². The fraction of sp³-hybridized carbons (Fsp3) is 0.409. The highest BCUT2D eigenvalue weighted by Gasteiger charge is 2.28. The second-order valence-electron chi connectivity index (χ2n) is 7.99. The summed E-state index contributed by atoms with van der Waals surface area (Å²) in [5.74, 6) is 0.799. The van der Waals surface area contributed by atoms with Gasteiger partial charge < -0.3 is 4.90 Å². The van der Waals surface area contributed by atoms with E-state index in [1.165, 1.54) is 23.5 Å². The molecule has 2 aromatic rings. The van der Waals surface area contributed by atoms with Crippen LogP contribution in [-0.2, 0) is 10.0 Å². The predicted molar refractivity (Wildman–Crippen MR) is 112 cm³/mol. The number of rotatable bonds is 4. The molecule has 28 heavy (non-hydrogen) atoms. The zero-order chi connectivity index (χ0) is 20.5. The fourth-order valence-electron chi connectivity index (χ4n) is 3.85. The van der Waals surface area contributed by atoms with Gasteiger partial charge in [-0.2, -0.15) is 0 Å². The number of nitrogens with zero attached hydrogens (tertiary/aromatic N) is 2. The molecule has 1 aliphatic rings. The molecular formula is C22H28N2O3S. The van der Waals surface area contributed by atoms with E-state index in [9.17, 15) is 13.2 Å². The number of hydrogen-bond acceptors (Lipinski definition) is 3. The van der Waals surface area contributed by atoms with Crippen molar-refractivity contribution in [1.82, 2.24) is 4.90 Å². The van der Waals surface area contributed by atoms with E-state index in [2.05, 4.69) is 13.8 Å². The van der Waals surface area contributed by atoms with Gasteiger partial charge in [0.2, 0.25) is 0 Å². The molecule has 1 heterocycles. The van der Waals surface area contributed by atoms with Crippen LogP contribution >= 0.6 is 0 Å². The van der Waals surface area contributed by atoms with Crippen molar-refractivity contribution in [2.45, 2.75) is 32.1 Å². The molecule has 0 spiro atoms. The summed E-state index contributed by atoms with van der Waals surface area (Å²) in [5.41, 5.74) is 2.06. The number of amides is 1. The topological polar surface area (TPSA) is 57.7 Å². The van der Waals surface area contributed by atoms with Crippen LogP contribution in [0.5, 0.6) is 0 Å². The molecule has 0 radical (unpaired) electrons. The van der Waals surface area contributed by atoms with Crippen molar-refractivity contribution < 1.29 is 13.2 Å². The molecule has 6 heteroatoms. The molecule has 0 N–H and O–H groups in total. The van der Waals surface area contributed by atoms with E-state index in [4.69, 9.17) is 0 Å². The quantitative estimate of drug-likeness (QED) is 0.781. The highest BCUT2D eigenvalue weighted by atomic mass is 32.2. The van der Waals surface area contributed by atoms with E-state index in [1.54, 1.807) is 24.3 Å². The summed E-state index contributed by atoms with van der Waals surface area (Å²) in [6, 6.07) is 13.7. The molecule has 2 unspecified atom stereocenters. The second-order valence-corrected chi connectivity index (χ2v) is 9.96. The van der Waals surface area contributed by atoms with Crippen molar-refractivity contribution >= 4 is 21.6 Å². The lowest BCUT2D eigenvalue weighted by Gasteiger charge is -2.35. The largest absolute Gasteiger partial charge is 0.338 e. The minimum absolute atomic E-state index is 0.103. The van der Waals surface area contributed by atoms with Crippen molar-refractivity contribution in [1.29, 1.82) is 0 Å². The van der Waals surface area contributed by atoms with Crippen molar-refractivity contribution in [2.24, 2.45) is 11.8 Å². The average molecular weight is 401 g/mol. The number of aryl methyl sites for hydroxylation is 1. The van der Waals surface area contributed by atoms with E-state index in [0.717, 1.165) is 12.0 Å². The zero-order valence-electron chi connectivity index (χ0n) is 16.9. The van der Waals surface area contributed by atoms with Crippen LogP contribution in [-0.4, -0.2) is 39.4 Å². The third-order valence-electron chi connectivity index (χ3n) is 5.29. The van der Waals surface area contributed by atoms with Gasteiger partial charge in [-0.3, -0.25) is 9.10 Å². The SMILES string of the molecule is Cc1ccc(N(C)S(=O)(=O)c2cccc(C(=O)N3CC(C)CC(C)C3)c2)cc1. The average Bonchev–Trinajstić information content (AvgIpc) is 2.66. The minimum Gasteiger partial charge on any atom is -0.338 e. The van der Waals surface area contributed by atoms with Crippen LogP contribution < -0.4 is 4.31 Å². The first kappa shape index (κ1) is 20.4. The minimum atomic E-state index is -3.75. The number of benzene rings is 2. The Morgan fingerprint density at radius 2 is 1.64 bits per heavy atom. The number of piperidine rings is 1. The highest BCUT2D eigenvalue weighted by Crippen LogP contribution is 2.25. The molecule has 2 atom stereocenters. The summed E-state index contributed by atoms with van der Waals surface area (Å²) in [6.45, 7) is 7.67. The monoisotopic (exact) mass is 400 g/mol. The molecule has 3 rings (SSSR count). The van der Waals surface area contributed by atoms with E-state index < -0.39 is 10.0 Å². The molecule has 5 nitrogen and oxygen atoms in total. The van der Waals surface area contributed by atoms with Crippen LogP contribution in [0.2, 0.25) is 0 Å². The van der Waals surface area contributed by atoms with Gasteiger partial charge in [-0.15, -0.1) is 0 Å². The first-order valence-corrected chi connectivity index (χ1v) is 11.1. The smallest absolute Gasteiger partial charge is 0.264 e. The number of hydrogen-bond donors (Lipinski definition) is 0. The summed E-state index contributed by atoms with van der Waals surface area (Å²) < 4.78 is 27.4. The van der Waals surface area contributed by atoms with Crippen molar-refractivity contribution in [3.63, 3.8) is 0 Å². The Balaban J connectivity index is 1.87. The molecule has 0 bridgehead atoms. The van der Waals surface area contributed by atoms with Crippen LogP contribution in [0.4, 0.5) is 5.69 Å². The van der Waals surface area contributed by atoms with Crippen LogP contribution in [0.1, 0.15) is 36.2 Å². The van der Waals surface area contributed by atoms with Gasteiger partial charge in [0.25, 0.3) is 15.9 Å². The molecule has 0 aromatic heterocycles. The van der Waals surface area contributed by atoms with Gasteiger partial charge in [0, 0.05) is 25.7 Å². The summed E-state index contributed by atoms with van der Waals surface area (Å²) in [7, 11) is -2.22. The fourth-order valence-corrected chi connectivity index (χ4v) is 5.09. The number of likely N-dealkylation sites (tertiary alicyclic amines) is 1. The molecule has 150 valence electrons. The Morgan fingerprint density at radius 3 is 2.25 bits per heavy atom. The third kappa shape index (κ3) is 4.22. The Bertz CT molecular complexity index is 944. The molecule has 0 aliphatic carbocycles. The Hall–Kier alpha value is -2.34. The van der Waals surface area contributed by atoms with Crippen LogP contribution in [0.3, 0.4) is 0 Å². The molecule has 1 amide bonds. The molecular weight excluding hydrogens is 372 g/mol. The van der Waals surface area contributed by atoms with Crippen molar-refractivity contribution in [2.75, 3.05) is 24.4 Å². The first-order chi connectivity index (χ1) is 13.2. The van der Waals surface area contributed by atoms with Gasteiger partial charge >= 0.3 is 0 Å². The maximum atomic E-state index is 13.1. The Kier molecular flexibility index (Phi) is 5.79. The van der Waals surface area contributed by atoms with E-state index >= 15 is 0 Å². The number of carbonyl (C=O) groups excluding carboxylic acids is 1. The van der Waals surface area contributed by atoms with E-state index in [1.807, 2.05) is 24.0 Å². The van der Waals surface area contributed by atoms with Gasteiger partial charge in [-0.05, 0) is 55.5 Å². The van der Waals surface area contributed by atoms with Crippen molar-refractivity contribution in [3.05, 3.63) is 59.7 Å². The molecule has 2 aromatic carbocycles. The number of carbonyl (C=O) groups is 1. The summed E-state index contributed by atoms with van der Waals surface area (Å²) in [4.78, 5) is 14.9. The number of anilines is 1. The summed E-state index contributed by atoms with van der Waals surface area (Å²) >= 11 is 0. The maximum Gasteiger partial charge on any atom is 0.264 e. The van der Waals surface area contributed by atoms with Crippen molar-refractivity contribution in [3.8, 4) is 0 Å². The second kappa shape index (κ2) is 7.95. The lowest BCUT2D eigenvalue weighted by molar-refractivity contribution is 0.0623. The zero-order valence-corrected chi connectivity index (χ0v) is 17.7. The van der Waals surface area contributed by atoms with E-state index in [0.29, 0.717) is 36.2 Å². The molecule has 1 aliphatic heterocycles. The normalized spacial score (nSPS) is 20.1. The Labute approximate surface area is 168 Å². The van der Waals surface area contributed by atoms with Gasteiger partial charge in [0.1, 0.15) is 0 Å². The van der Waals surface area contributed by atoms with Crippen LogP contribution in [0, 0.1) is 18.8 Å². The Morgan fingerprint density at radius 1 is 1.04 bits per heavy atom. The van der Waals surface area contributed by atoms with E-state index in [-0.39, 0.29) is 10.8 Å². The lowest BCUT2D eigenvalue weighted by Crippen LogP contribution is -2.42. The van der Waals surface area contributed by atoms with Crippen LogP contribution in [0.15, 0.2) is 53.4 Å². The molecule has 1 fully saturated rings. The molecule has 1 saturated heterocycles. The van der Waals surface area contributed by atoms with Gasteiger partial charge in [-0.1, -0.05) is 37.6 Å². The third-order valence-corrected chi connectivity index (χ3v) is 7.07. The summed E-state index contributed by atoms with van der Waals surface area (Å²) in [6.07, 6.45) is 1.11. The van der Waals surface area contributed by atoms with Gasteiger partial charge in [0.15, 0.2) is 0 Å². The maximum absolute atomic E-state index is 13.1. The summed E-state index contributed by atoms with van der Waals surface area (Å²) in [5, 5.41) is 0. The van der Waals surface area contributed by atoms with Gasteiger partial charge in [0.05, 0.1) is 10.6 Å². The first-order valence-electron chi connectivity index (χ1n) is 9.63. The highest BCUT2D eigenvalue weighted by molar-refractivity contribution is 7.92. The molecule has 0 saturated carbocycles. The lowest BCUT2D eigenvalue weighted by atomic mass is 9.91. The number of sulfonamides is 1.